The van der Waals surface area contributed by atoms with Crippen molar-refractivity contribution in [2.24, 2.45) is 34.8 Å². The van der Waals surface area contributed by atoms with Gasteiger partial charge >= 0.3 is 5.97 Å². The average Bonchev–Trinajstić information content (AvgIpc) is 3.68. The predicted molar refractivity (Wildman–Crippen MR) is 215 cm³/mol. The lowest BCUT2D eigenvalue weighted by molar-refractivity contribution is -0.143. The van der Waals surface area contributed by atoms with E-state index < -0.39 is 152 Å². The highest BCUT2D eigenvalue weighted by Gasteiger charge is 2.34. The Balaban J connectivity index is 3.30. The van der Waals surface area contributed by atoms with Gasteiger partial charge in [0.05, 0.1) is 31.8 Å². The van der Waals surface area contributed by atoms with Crippen molar-refractivity contribution in [2.45, 2.75) is 122 Å². The molecular weight excluding hydrogens is 822 g/mol. The van der Waals surface area contributed by atoms with E-state index in [0.29, 0.717) is 5.69 Å². The summed E-state index contributed by atoms with van der Waals surface area (Å²) in [4.78, 5) is 146. The normalized spacial score (nSPS) is 14.9. The molecule has 346 valence electrons. The van der Waals surface area contributed by atoms with E-state index in [9.17, 15) is 63.0 Å². The maximum Gasteiger partial charge on any atom is 0.326 e. The molecule has 26 nitrogen and oxygen atoms in total. The molecule has 0 fully saturated rings. The Labute approximate surface area is 355 Å². The summed E-state index contributed by atoms with van der Waals surface area (Å²) in [6.45, 7) is 6.88. The van der Waals surface area contributed by atoms with Crippen LogP contribution in [0.3, 0.4) is 0 Å². The molecule has 1 aromatic heterocycles. The van der Waals surface area contributed by atoms with Crippen LogP contribution >= 0.6 is 0 Å². The lowest BCUT2D eigenvalue weighted by atomic mass is 10.0. The summed E-state index contributed by atoms with van der Waals surface area (Å²) < 4.78 is 0. The molecule has 0 aliphatic heterocycles. The van der Waals surface area contributed by atoms with Gasteiger partial charge in [0.15, 0.2) is 0 Å². The van der Waals surface area contributed by atoms with E-state index in [4.69, 9.17) is 22.9 Å². The number of carbonyl (C=O) groups is 11. The average molecular weight is 882 g/mol. The van der Waals surface area contributed by atoms with E-state index in [1.165, 1.54) is 33.3 Å². The molecule has 0 radical (unpaired) electrons. The van der Waals surface area contributed by atoms with Crippen LogP contribution in [-0.2, 0) is 59.2 Å². The minimum absolute atomic E-state index is 0.0753. The predicted octanol–water partition coefficient (Wildman–Crippen LogP) is -6.51. The van der Waals surface area contributed by atoms with Gasteiger partial charge < -0.3 is 75.3 Å². The highest BCUT2D eigenvalue weighted by atomic mass is 16.4. The molecule has 10 amide bonds. The first-order valence-corrected chi connectivity index (χ1v) is 19.4. The number of H-pyrrole nitrogens is 1. The topological polar surface area (TPSA) is 445 Å². The van der Waals surface area contributed by atoms with Crippen LogP contribution < -0.4 is 60.2 Å². The highest BCUT2D eigenvalue weighted by molar-refractivity contribution is 5.98. The number of imidazole rings is 1. The van der Waals surface area contributed by atoms with Gasteiger partial charge in [0.1, 0.15) is 42.3 Å². The third-order valence-electron chi connectivity index (χ3n) is 8.84. The molecule has 0 spiro atoms. The van der Waals surface area contributed by atoms with Gasteiger partial charge in [-0.25, -0.2) is 9.78 Å². The number of carboxylic acids is 1. The summed E-state index contributed by atoms with van der Waals surface area (Å²) in [6.07, 6.45) is -1.34. The minimum atomic E-state index is -1.80. The fraction of sp³-hybridized carbons (Fsp3) is 0.611. The SMILES string of the molecule is CC(C)C[C@H](NC(=O)[C@@H](N)[C@@H](C)O)C(=O)N[C@@H](Cc1cnc[nH]1)C(=O)N[C@@H](CCC(N)=O)C(=O)N[C@@H](CC(N)=O)C(=O)NCC(=O)N[C@@H](CC(N)=O)C(=O)N[C@H](C(=O)O)C(C)C. The number of nitrogens with zero attached hydrogens (tertiary/aromatic N) is 1. The Morgan fingerprint density at radius 1 is 0.661 bits per heavy atom. The second-order valence-corrected chi connectivity index (χ2v) is 15.2. The number of rotatable bonds is 28. The van der Waals surface area contributed by atoms with Crippen molar-refractivity contribution in [2.75, 3.05) is 6.54 Å². The Kier molecular flexibility index (Phi) is 22.2. The molecule has 1 aromatic rings. The molecule has 0 aliphatic carbocycles. The molecule has 18 N–H and O–H groups in total. The summed E-state index contributed by atoms with van der Waals surface area (Å²) in [6, 6.07) is -10.6. The molecule has 0 saturated heterocycles. The maximum absolute atomic E-state index is 13.9. The first kappa shape index (κ1) is 53.3. The number of nitrogens with two attached hydrogens (primary N) is 4. The zero-order chi connectivity index (χ0) is 47.4. The number of nitrogens with one attached hydrogen (secondary N) is 8. The van der Waals surface area contributed by atoms with Crippen LogP contribution in [0.15, 0.2) is 12.5 Å². The van der Waals surface area contributed by atoms with E-state index in [2.05, 4.69) is 47.2 Å². The first-order valence-electron chi connectivity index (χ1n) is 19.4. The quantitative estimate of drug-likeness (QED) is 0.0372. The smallest absolute Gasteiger partial charge is 0.326 e. The van der Waals surface area contributed by atoms with Crippen molar-refractivity contribution >= 4 is 65.0 Å². The largest absolute Gasteiger partial charge is 0.480 e. The van der Waals surface area contributed by atoms with Crippen LogP contribution in [-0.4, -0.2) is 140 Å². The molecular formula is C36H59N13O13. The van der Waals surface area contributed by atoms with E-state index in [1.54, 1.807) is 13.8 Å². The van der Waals surface area contributed by atoms with E-state index in [0.717, 1.165) is 0 Å². The molecule has 26 heteroatoms. The van der Waals surface area contributed by atoms with E-state index >= 15 is 0 Å². The van der Waals surface area contributed by atoms with Crippen molar-refractivity contribution in [3.05, 3.63) is 18.2 Å². The summed E-state index contributed by atoms with van der Waals surface area (Å²) in [5.41, 5.74) is 21.9. The lowest BCUT2D eigenvalue weighted by Gasteiger charge is -2.27. The van der Waals surface area contributed by atoms with Crippen molar-refractivity contribution in [1.29, 1.82) is 0 Å². The fourth-order valence-electron chi connectivity index (χ4n) is 5.51. The monoisotopic (exact) mass is 881 g/mol. The van der Waals surface area contributed by atoms with Crippen LogP contribution in [0.4, 0.5) is 0 Å². The number of aliphatic hydroxyl groups excluding tert-OH is 1. The molecule has 62 heavy (non-hydrogen) atoms. The molecule has 8 atom stereocenters. The summed E-state index contributed by atoms with van der Waals surface area (Å²) in [7, 11) is 0. The summed E-state index contributed by atoms with van der Waals surface area (Å²) >= 11 is 0. The number of amides is 10. The Morgan fingerprint density at radius 3 is 1.65 bits per heavy atom. The van der Waals surface area contributed by atoms with E-state index in [-0.39, 0.29) is 18.8 Å². The van der Waals surface area contributed by atoms with Crippen LogP contribution in [0.5, 0.6) is 0 Å². The number of hydrogen-bond donors (Lipinski definition) is 14. The van der Waals surface area contributed by atoms with Gasteiger partial charge in [0, 0.05) is 24.7 Å². The fourth-order valence-corrected chi connectivity index (χ4v) is 5.51. The third kappa shape index (κ3) is 19.6. The van der Waals surface area contributed by atoms with E-state index in [1.807, 2.05) is 0 Å². The molecule has 1 rings (SSSR count). The van der Waals surface area contributed by atoms with Gasteiger partial charge in [-0.3, -0.25) is 47.9 Å². The molecule has 0 aliphatic rings. The first-order chi connectivity index (χ1) is 28.8. The van der Waals surface area contributed by atoms with Crippen molar-refractivity contribution in [3.63, 3.8) is 0 Å². The molecule has 0 aromatic carbocycles. The number of aliphatic hydroxyl groups is 1. The number of aromatic amines is 1. The number of aliphatic carboxylic acids is 1. The Hall–Kier alpha value is -6.70. The third-order valence-corrected chi connectivity index (χ3v) is 8.84. The molecule has 1 heterocycles. The van der Waals surface area contributed by atoms with Gasteiger partial charge in [-0.15, -0.1) is 0 Å². The zero-order valence-electron chi connectivity index (χ0n) is 35.0. The second kappa shape index (κ2) is 25.8. The van der Waals surface area contributed by atoms with Gasteiger partial charge in [0.2, 0.25) is 59.1 Å². The van der Waals surface area contributed by atoms with Gasteiger partial charge in [-0.1, -0.05) is 27.7 Å². The molecule has 0 bridgehead atoms. The van der Waals surface area contributed by atoms with Crippen LogP contribution in [0.2, 0.25) is 0 Å². The molecule has 0 saturated carbocycles. The van der Waals surface area contributed by atoms with Gasteiger partial charge in [-0.05, 0) is 31.6 Å². The van der Waals surface area contributed by atoms with Crippen LogP contribution in [0.25, 0.3) is 0 Å². The molecule has 0 unspecified atom stereocenters. The summed E-state index contributed by atoms with van der Waals surface area (Å²) in [5.74, 6) is -12.4. The van der Waals surface area contributed by atoms with Crippen molar-refractivity contribution in [1.82, 2.24) is 47.2 Å². The van der Waals surface area contributed by atoms with Crippen molar-refractivity contribution in [3.8, 4) is 0 Å². The van der Waals surface area contributed by atoms with Gasteiger partial charge in [0.25, 0.3) is 0 Å². The van der Waals surface area contributed by atoms with Crippen LogP contribution in [0, 0.1) is 11.8 Å². The maximum atomic E-state index is 13.9. The Morgan fingerprint density at radius 2 is 1.16 bits per heavy atom. The lowest BCUT2D eigenvalue weighted by Crippen LogP contribution is -2.60. The Bertz CT molecular complexity index is 1770. The zero-order valence-corrected chi connectivity index (χ0v) is 35.0. The van der Waals surface area contributed by atoms with Gasteiger partial charge in [-0.2, -0.15) is 0 Å². The number of carbonyl (C=O) groups excluding carboxylic acids is 10. The standard InChI is InChI=1S/C36H59N13O13/c1-15(2)8-20(48-35(60)28(40)17(5)50)32(57)46-21(9-18-12-41-14-43-18)33(58)45-19(6-7-24(37)51)31(56)47-22(10-25(38)52)30(55)42-13-27(54)44-23(11-26(39)53)34(59)49-29(16(3)4)36(61)62/h12,14-17,19-23,28-29,50H,6-11,13,40H2,1-5H3,(H2,37,51)(H2,38,52)(H2,39,53)(H,41,43)(H,42,55)(H,44,54)(H,45,58)(H,46,57)(H,47,56)(H,48,60)(H,49,59)(H,61,62)/t17-,19+,20+,21+,22+,23+,28+,29+/m1/s1. The second-order valence-electron chi connectivity index (χ2n) is 15.2. The number of aromatic nitrogens is 2. The number of carboxylic acid groups (broad SMARTS) is 1. The summed E-state index contributed by atoms with van der Waals surface area (Å²) in [5, 5.41) is 35.2. The van der Waals surface area contributed by atoms with Crippen LogP contribution in [0.1, 0.15) is 72.4 Å². The number of hydrogen-bond acceptors (Lipinski definition) is 14. The highest BCUT2D eigenvalue weighted by Crippen LogP contribution is 2.09. The van der Waals surface area contributed by atoms with Crippen molar-refractivity contribution < 1.29 is 63.0 Å². The minimum Gasteiger partial charge on any atom is -0.480 e. The number of primary amides is 3.